The molecule has 2 heterocycles. The molecule has 4 nitrogen and oxygen atoms in total. The first-order valence-corrected chi connectivity index (χ1v) is 6.90. The standard InChI is InChI=1S/C12H11NO2.C6H4O/c1-8(14)13-11-7-6-9-4-2-3-5-10(9)12(11)15;1-2-5-4-6(3-1)7-5/h2-7,15H,1H3,(H,13,14);1-4H. The molecule has 0 saturated heterocycles. The number of ether oxygens (including phenoxy) is 1. The first kappa shape index (κ1) is 13.9. The highest BCUT2D eigenvalue weighted by molar-refractivity contribution is 5.98. The zero-order valence-corrected chi connectivity index (χ0v) is 12.0. The lowest BCUT2D eigenvalue weighted by molar-refractivity contribution is -0.114. The van der Waals surface area contributed by atoms with Gasteiger partial charge in [-0.2, -0.15) is 0 Å². The first-order valence-electron chi connectivity index (χ1n) is 6.90. The number of phenols is 1. The normalized spacial score (nSPS) is 10.8. The lowest BCUT2D eigenvalue weighted by atomic mass is 10.1. The van der Waals surface area contributed by atoms with Crippen LogP contribution < -0.4 is 10.1 Å². The third-order valence-electron chi connectivity index (χ3n) is 3.25. The minimum atomic E-state index is -0.194. The monoisotopic (exact) mass is 293 g/mol. The molecule has 2 aliphatic rings. The molecule has 2 N–H and O–H groups in total. The van der Waals surface area contributed by atoms with Gasteiger partial charge in [0.1, 0.15) is 17.2 Å². The molecule has 0 fully saturated rings. The molecule has 3 aromatic rings. The topological polar surface area (TPSA) is 58.6 Å². The molecule has 22 heavy (non-hydrogen) atoms. The van der Waals surface area contributed by atoms with E-state index in [2.05, 4.69) is 5.32 Å². The number of fused-ring (bicyclic) bond motifs is 3. The summed E-state index contributed by atoms with van der Waals surface area (Å²) in [5.74, 6) is 1.89. The van der Waals surface area contributed by atoms with Crippen LogP contribution in [0.1, 0.15) is 6.92 Å². The molecule has 5 rings (SSSR count). The third-order valence-corrected chi connectivity index (χ3v) is 3.25. The molecular weight excluding hydrogens is 278 g/mol. The second-order valence-electron chi connectivity index (χ2n) is 4.94. The average Bonchev–Trinajstić information content (AvgIpc) is 2.51. The highest BCUT2D eigenvalue weighted by atomic mass is 16.5. The van der Waals surface area contributed by atoms with Crippen LogP contribution in [0.3, 0.4) is 0 Å². The van der Waals surface area contributed by atoms with Crippen molar-refractivity contribution < 1.29 is 14.6 Å². The van der Waals surface area contributed by atoms with E-state index in [0.29, 0.717) is 5.69 Å². The molecule has 3 aromatic carbocycles. The quantitative estimate of drug-likeness (QED) is 0.514. The number of hydrogen-bond acceptors (Lipinski definition) is 3. The van der Waals surface area contributed by atoms with Crippen LogP contribution in [-0.4, -0.2) is 11.0 Å². The predicted molar refractivity (Wildman–Crippen MR) is 86.4 cm³/mol. The van der Waals surface area contributed by atoms with Crippen molar-refractivity contribution in [2.75, 3.05) is 5.32 Å². The van der Waals surface area contributed by atoms with E-state index in [9.17, 15) is 9.90 Å². The van der Waals surface area contributed by atoms with Gasteiger partial charge < -0.3 is 15.2 Å². The smallest absolute Gasteiger partial charge is 0.221 e. The van der Waals surface area contributed by atoms with Crippen LogP contribution >= 0.6 is 0 Å². The van der Waals surface area contributed by atoms with E-state index in [-0.39, 0.29) is 11.7 Å². The fourth-order valence-electron chi connectivity index (χ4n) is 2.22. The van der Waals surface area contributed by atoms with Crippen LogP contribution in [0.4, 0.5) is 5.69 Å². The molecule has 0 saturated carbocycles. The maximum atomic E-state index is 10.9. The summed E-state index contributed by atoms with van der Waals surface area (Å²) in [6.45, 7) is 1.41. The van der Waals surface area contributed by atoms with Crippen molar-refractivity contribution in [1.82, 2.24) is 0 Å². The summed E-state index contributed by atoms with van der Waals surface area (Å²) >= 11 is 0. The van der Waals surface area contributed by atoms with Crippen molar-refractivity contribution >= 4 is 22.4 Å². The van der Waals surface area contributed by atoms with Crippen molar-refractivity contribution in [3.63, 3.8) is 0 Å². The Morgan fingerprint density at radius 2 is 1.68 bits per heavy atom. The number of phenolic OH excluding ortho intramolecular Hbond substituents is 1. The molecule has 2 bridgehead atoms. The van der Waals surface area contributed by atoms with Crippen LogP contribution in [0.15, 0.2) is 60.7 Å². The summed E-state index contributed by atoms with van der Waals surface area (Å²) < 4.78 is 5.01. The van der Waals surface area contributed by atoms with Crippen molar-refractivity contribution in [2.45, 2.75) is 6.92 Å². The van der Waals surface area contributed by atoms with Crippen LogP contribution in [-0.2, 0) is 4.79 Å². The number of carbonyl (C=O) groups excluding carboxylic acids is 1. The van der Waals surface area contributed by atoms with Crippen LogP contribution in [0, 0.1) is 0 Å². The fraction of sp³-hybridized carbons (Fsp3) is 0.0556. The fourth-order valence-corrected chi connectivity index (χ4v) is 2.22. The van der Waals surface area contributed by atoms with Gasteiger partial charge in [-0.1, -0.05) is 36.4 Å². The van der Waals surface area contributed by atoms with Crippen molar-refractivity contribution in [2.24, 2.45) is 0 Å². The summed E-state index contributed by atoms with van der Waals surface area (Å²) in [7, 11) is 0. The van der Waals surface area contributed by atoms with Crippen molar-refractivity contribution in [3.05, 3.63) is 60.7 Å². The second kappa shape index (κ2) is 5.77. The molecule has 2 aliphatic heterocycles. The van der Waals surface area contributed by atoms with Gasteiger partial charge in [-0.3, -0.25) is 4.79 Å². The van der Waals surface area contributed by atoms with Gasteiger partial charge in [0.05, 0.1) is 5.69 Å². The van der Waals surface area contributed by atoms with E-state index >= 15 is 0 Å². The SMILES string of the molecule is CC(=O)Nc1ccc2ccccc2c1O.c1cc2cc(c1)O2. The maximum absolute atomic E-state index is 10.9. The molecule has 0 spiro atoms. The Kier molecular flexibility index (Phi) is 3.66. The van der Waals surface area contributed by atoms with E-state index in [0.717, 1.165) is 22.3 Å². The van der Waals surface area contributed by atoms with Gasteiger partial charge in [0.2, 0.25) is 5.91 Å². The largest absolute Gasteiger partial charge is 0.505 e. The Morgan fingerprint density at radius 1 is 1.00 bits per heavy atom. The number of rotatable bonds is 1. The van der Waals surface area contributed by atoms with Gasteiger partial charge in [0, 0.05) is 18.4 Å². The molecule has 110 valence electrons. The van der Waals surface area contributed by atoms with Gasteiger partial charge in [0.25, 0.3) is 0 Å². The minimum Gasteiger partial charge on any atom is -0.505 e. The van der Waals surface area contributed by atoms with E-state index in [1.54, 1.807) is 6.07 Å². The van der Waals surface area contributed by atoms with Gasteiger partial charge in [-0.15, -0.1) is 0 Å². The lowest BCUT2D eigenvalue weighted by Crippen LogP contribution is -2.05. The van der Waals surface area contributed by atoms with E-state index < -0.39 is 0 Å². The molecule has 0 radical (unpaired) electrons. The molecule has 0 unspecified atom stereocenters. The number of nitrogens with one attached hydrogen (secondary N) is 1. The average molecular weight is 293 g/mol. The number of hydrogen-bond donors (Lipinski definition) is 2. The third kappa shape index (κ3) is 2.86. The Balaban J connectivity index is 0.000000169. The maximum Gasteiger partial charge on any atom is 0.221 e. The number of benzene rings is 3. The molecule has 1 amide bonds. The zero-order chi connectivity index (χ0) is 15.5. The summed E-state index contributed by atoms with van der Waals surface area (Å²) in [6.07, 6.45) is 0. The number of amides is 1. The highest BCUT2D eigenvalue weighted by Crippen LogP contribution is 2.33. The zero-order valence-electron chi connectivity index (χ0n) is 12.0. The summed E-state index contributed by atoms with van der Waals surface area (Å²) in [6, 6.07) is 18.9. The van der Waals surface area contributed by atoms with Gasteiger partial charge in [-0.25, -0.2) is 0 Å². The highest BCUT2D eigenvalue weighted by Gasteiger charge is 2.06. The Bertz CT molecular complexity index is 818. The molecule has 0 aromatic heterocycles. The molecule has 0 atom stereocenters. The number of aromatic hydroxyl groups is 1. The summed E-state index contributed by atoms with van der Waals surface area (Å²) in [5, 5.41) is 14.1. The predicted octanol–water partition coefficient (Wildman–Crippen LogP) is 4.30. The number of anilines is 1. The van der Waals surface area contributed by atoms with Crippen LogP contribution in [0.25, 0.3) is 10.8 Å². The van der Waals surface area contributed by atoms with Crippen molar-refractivity contribution in [1.29, 1.82) is 0 Å². The lowest BCUT2D eigenvalue weighted by Gasteiger charge is -2.13. The molecule has 0 aliphatic carbocycles. The van der Waals surface area contributed by atoms with Crippen LogP contribution in [0.5, 0.6) is 17.2 Å². The Morgan fingerprint density at radius 3 is 2.23 bits per heavy atom. The number of carbonyl (C=O) groups is 1. The van der Waals surface area contributed by atoms with E-state index in [1.807, 2.05) is 54.6 Å². The Labute approximate surface area is 128 Å². The van der Waals surface area contributed by atoms with E-state index in [1.165, 1.54) is 6.92 Å². The molecular formula is C18H15NO3. The summed E-state index contributed by atoms with van der Waals surface area (Å²) in [4.78, 5) is 10.9. The Hall–Kier alpha value is -3.01. The van der Waals surface area contributed by atoms with Crippen molar-refractivity contribution in [3.8, 4) is 17.2 Å². The summed E-state index contributed by atoms with van der Waals surface area (Å²) in [5.41, 5.74) is 0.446. The van der Waals surface area contributed by atoms with Gasteiger partial charge >= 0.3 is 0 Å². The minimum absolute atomic E-state index is 0.114. The van der Waals surface area contributed by atoms with Crippen LogP contribution in [0.2, 0.25) is 0 Å². The van der Waals surface area contributed by atoms with Gasteiger partial charge in [0.15, 0.2) is 0 Å². The first-order chi connectivity index (χ1) is 10.6. The van der Waals surface area contributed by atoms with E-state index in [4.69, 9.17) is 4.74 Å². The molecule has 4 heteroatoms. The second-order valence-corrected chi connectivity index (χ2v) is 4.94. The van der Waals surface area contributed by atoms with Gasteiger partial charge in [-0.05, 0) is 23.6 Å².